The number of fused-ring (bicyclic) bond motifs is 1. The molecule has 2 aromatic carbocycles. The molecule has 1 saturated heterocycles. The summed E-state index contributed by atoms with van der Waals surface area (Å²) in [7, 11) is 0. The number of nitrogens with zero attached hydrogens (tertiary/aromatic N) is 2. The van der Waals surface area contributed by atoms with Gasteiger partial charge in [0.15, 0.2) is 17.3 Å². The van der Waals surface area contributed by atoms with E-state index in [1.165, 1.54) is 0 Å². The van der Waals surface area contributed by atoms with Gasteiger partial charge < -0.3 is 18.8 Å². The first-order chi connectivity index (χ1) is 15.7. The molecule has 2 aliphatic rings. The number of carbonyl (C=O) groups excluding carboxylic acids is 2. The number of ether oxygens (including phenoxy) is 2. The molecule has 0 saturated carbocycles. The van der Waals surface area contributed by atoms with Crippen molar-refractivity contribution in [3.05, 3.63) is 66.1 Å². The quantitative estimate of drug-likeness (QED) is 0.571. The molecule has 0 aliphatic carbocycles. The fourth-order valence-corrected chi connectivity index (χ4v) is 4.19. The first-order valence-corrected chi connectivity index (χ1v) is 10.9. The van der Waals surface area contributed by atoms with E-state index in [0.29, 0.717) is 67.8 Å². The molecule has 0 atom stereocenters. The molecule has 32 heavy (non-hydrogen) atoms. The molecule has 0 N–H and O–H groups in total. The van der Waals surface area contributed by atoms with Crippen LogP contribution in [0.15, 0.2) is 59.2 Å². The summed E-state index contributed by atoms with van der Waals surface area (Å²) in [5, 5.41) is 0. The maximum absolute atomic E-state index is 13.0. The molecule has 3 aromatic rings. The number of hydrogen-bond donors (Lipinski definition) is 0. The largest absolute Gasteiger partial charge is 0.486 e. The van der Waals surface area contributed by atoms with Gasteiger partial charge in [0, 0.05) is 30.1 Å². The topological polar surface area (TPSA) is 81.9 Å². The summed E-state index contributed by atoms with van der Waals surface area (Å²) in [5.41, 5.74) is 2.13. The number of amides is 1. The average Bonchev–Trinajstić information content (AvgIpc) is 3.32. The molecule has 1 aromatic heterocycles. The van der Waals surface area contributed by atoms with Gasteiger partial charge in [-0.15, -0.1) is 0 Å². The van der Waals surface area contributed by atoms with Crippen LogP contribution in [0.2, 0.25) is 0 Å². The van der Waals surface area contributed by atoms with Crippen LogP contribution in [-0.4, -0.2) is 47.9 Å². The number of likely N-dealkylation sites (tertiary alicyclic amines) is 1. The van der Waals surface area contributed by atoms with Crippen LogP contribution in [0.5, 0.6) is 11.5 Å². The summed E-state index contributed by atoms with van der Waals surface area (Å²) in [5.74, 6) is 1.81. The first-order valence-electron chi connectivity index (χ1n) is 10.9. The molecule has 2 aliphatic heterocycles. The monoisotopic (exact) mass is 432 g/mol. The highest BCUT2D eigenvalue weighted by atomic mass is 16.6. The van der Waals surface area contributed by atoms with Gasteiger partial charge in [-0.25, -0.2) is 4.98 Å². The van der Waals surface area contributed by atoms with E-state index in [1.54, 1.807) is 24.5 Å². The normalized spacial score (nSPS) is 16.1. The molecular weight excluding hydrogens is 408 g/mol. The highest BCUT2D eigenvalue weighted by Gasteiger charge is 2.29. The summed E-state index contributed by atoms with van der Waals surface area (Å²) < 4.78 is 16.7. The Hall–Kier alpha value is -3.61. The highest BCUT2D eigenvalue weighted by molar-refractivity contribution is 5.98. The second-order valence-electron chi connectivity index (χ2n) is 8.06. The Morgan fingerprint density at radius 3 is 2.50 bits per heavy atom. The molecule has 0 unspecified atom stereocenters. The Morgan fingerprint density at radius 1 is 0.969 bits per heavy atom. The van der Waals surface area contributed by atoms with Gasteiger partial charge in [-0.3, -0.25) is 9.59 Å². The van der Waals surface area contributed by atoms with E-state index in [9.17, 15) is 9.59 Å². The van der Waals surface area contributed by atoms with Crippen LogP contribution < -0.4 is 9.47 Å². The van der Waals surface area contributed by atoms with Crippen molar-refractivity contribution < 1.29 is 23.5 Å². The third kappa shape index (κ3) is 4.23. The van der Waals surface area contributed by atoms with Gasteiger partial charge in [0.1, 0.15) is 19.5 Å². The highest BCUT2D eigenvalue weighted by Crippen LogP contribution is 2.32. The minimum atomic E-state index is -0.0988. The summed E-state index contributed by atoms with van der Waals surface area (Å²) in [6.07, 6.45) is 3.02. The van der Waals surface area contributed by atoms with Crippen LogP contribution in [0.1, 0.15) is 28.9 Å². The molecule has 1 amide bonds. The van der Waals surface area contributed by atoms with E-state index in [4.69, 9.17) is 13.9 Å². The number of aromatic nitrogens is 1. The molecule has 0 spiro atoms. The van der Waals surface area contributed by atoms with Gasteiger partial charge >= 0.3 is 0 Å². The molecule has 0 radical (unpaired) electrons. The zero-order chi connectivity index (χ0) is 21.9. The zero-order valence-electron chi connectivity index (χ0n) is 17.7. The van der Waals surface area contributed by atoms with Crippen molar-refractivity contribution in [2.75, 3.05) is 26.3 Å². The summed E-state index contributed by atoms with van der Waals surface area (Å²) in [6.45, 7) is 2.13. The Bertz CT molecular complexity index is 1120. The number of oxazole rings is 1. The van der Waals surface area contributed by atoms with E-state index in [2.05, 4.69) is 4.98 Å². The van der Waals surface area contributed by atoms with Crippen LogP contribution in [0.4, 0.5) is 0 Å². The van der Waals surface area contributed by atoms with Gasteiger partial charge in [0.25, 0.3) is 0 Å². The lowest BCUT2D eigenvalue weighted by Gasteiger charge is -2.31. The Labute approximate surface area is 186 Å². The van der Waals surface area contributed by atoms with E-state index in [1.807, 2.05) is 35.2 Å². The van der Waals surface area contributed by atoms with Crippen molar-refractivity contribution in [1.29, 1.82) is 0 Å². The molecule has 164 valence electrons. The van der Waals surface area contributed by atoms with Crippen molar-refractivity contribution >= 4 is 11.7 Å². The summed E-state index contributed by atoms with van der Waals surface area (Å²) in [4.78, 5) is 32.0. The smallest absolute Gasteiger partial charge is 0.228 e. The lowest BCUT2D eigenvalue weighted by Crippen LogP contribution is -2.41. The number of benzene rings is 2. The average molecular weight is 432 g/mol. The third-order valence-electron chi connectivity index (χ3n) is 5.95. The number of piperidine rings is 1. The predicted molar refractivity (Wildman–Crippen MR) is 117 cm³/mol. The van der Waals surface area contributed by atoms with Crippen LogP contribution in [0.25, 0.3) is 11.5 Å². The van der Waals surface area contributed by atoms with E-state index in [-0.39, 0.29) is 24.0 Å². The van der Waals surface area contributed by atoms with Crippen molar-refractivity contribution in [3.8, 4) is 23.0 Å². The van der Waals surface area contributed by atoms with Crippen LogP contribution in [0.3, 0.4) is 0 Å². The maximum Gasteiger partial charge on any atom is 0.228 e. The van der Waals surface area contributed by atoms with Gasteiger partial charge in [0.05, 0.1) is 12.1 Å². The van der Waals surface area contributed by atoms with Crippen LogP contribution in [-0.2, 0) is 11.2 Å². The second-order valence-corrected chi connectivity index (χ2v) is 8.06. The Kier molecular flexibility index (Phi) is 5.62. The summed E-state index contributed by atoms with van der Waals surface area (Å²) >= 11 is 0. The number of rotatable bonds is 5. The fraction of sp³-hybridized carbons (Fsp3) is 0.320. The predicted octanol–water partition coefficient (Wildman–Crippen LogP) is 3.78. The molecule has 7 heteroatoms. The van der Waals surface area contributed by atoms with Gasteiger partial charge in [-0.05, 0) is 43.2 Å². The van der Waals surface area contributed by atoms with Crippen molar-refractivity contribution in [1.82, 2.24) is 9.88 Å². The van der Waals surface area contributed by atoms with Crippen LogP contribution >= 0.6 is 0 Å². The zero-order valence-corrected chi connectivity index (χ0v) is 17.7. The molecule has 0 bridgehead atoms. The van der Waals surface area contributed by atoms with Crippen molar-refractivity contribution in [2.45, 2.75) is 19.3 Å². The second kappa shape index (κ2) is 8.86. The molecule has 1 fully saturated rings. The number of hydrogen-bond acceptors (Lipinski definition) is 6. The Balaban J connectivity index is 1.16. The van der Waals surface area contributed by atoms with Crippen molar-refractivity contribution in [2.24, 2.45) is 5.92 Å². The molecule has 5 rings (SSSR count). The summed E-state index contributed by atoms with van der Waals surface area (Å²) in [6, 6.07) is 15.0. The number of carbonyl (C=O) groups is 2. The SMILES string of the molecule is O=C(c1ccc2c(c1)OCCO2)C1CCN(C(=O)Cc2coc(-c3ccccc3)n2)CC1. The first kappa shape index (κ1) is 20.3. The molecular formula is C25H24N2O5. The van der Waals surface area contributed by atoms with E-state index in [0.717, 1.165) is 5.56 Å². The fourth-order valence-electron chi connectivity index (χ4n) is 4.19. The van der Waals surface area contributed by atoms with Gasteiger partial charge in [0.2, 0.25) is 11.8 Å². The van der Waals surface area contributed by atoms with E-state index >= 15 is 0 Å². The molecule has 3 heterocycles. The van der Waals surface area contributed by atoms with Crippen LogP contribution in [0, 0.1) is 5.92 Å². The standard InChI is InChI=1S/C25H24N2O5/c28-23(15-20-16-32-25(26-20)18-4-2-1-3-5-18)27-10-8-17(9-11-27)24(29)19-6-7-21-22(14-19)31-13-12-30-21/h1-7,14,16-17H,8-13,15H2. The van der Waals surface area contributed by atoms with Gasteiger partial charge in [-0.2, -0.15) is 0 Å². The minimum absolute atomic E-state index is 0.00291. The number of Topliss-reactive ketones (excluding diaryl/α,β-unsaturated/α-hetero) is 1. The lowest BCUT2D eigenvalue weighted by molar-refractivity contribution is -0.131. The minimum Gasteiger partial charge on any atom is -0.486 e. The molecule has 7 nitrogen and oxygen atoms in total. The Morgan fingerprint density at radius 2 is 1.72 bits per heavy atom. The maximum atomic E-state index is 13.0. The third-order valence-corrected chi connectivity index (χ3v) is 5.95. The van der Waals surface area contributed by atoms with Gasteiger partial charge in [-0.1, -0.05) is 18.2 Å². The van der Waals surface area contributed by atoms with E-state index < -0.39 is 0 Å². The van der Waals surface area contributed by atoms with Crippen molar-refractivity contribution in [3.63, 3.8) is 0 Å². The number of ketones is 1. The lowest BCUT2D eigenvalue weighted by atomic mass is 9.88.